The van der Waals surface area contributed by atoms with Crippen molar-refractivity contribution in [2.75, 3.05) is 17.2 Å². The van der Waals surface area contributed by atoms with E-state index in [-0.39, 0.29) is 18.4 Å². The molecule has 1 aromatic carbocycles. The van der Waals surface area contributed by atoms with Gasteiger partial charge in [-0.15, -0.1) is 0 Å². The van der Waals surface area contributed by atoms with Gasteiger partial charge in [-0.05, 0) is 43.4 Å². The van der Waals surface area contributed by atoms with Crippen LogP contribution in [0.25, 0.3) is 0 Å². The number of hydrogen-bond donors (Lipinski definition) is 3. The van der Waals surface area contributed by atoms with Crippen LogP contribution in [0.4, 0.5) is 11.4 Å². The molecule has 1 aromatic rings. The van der Waals surface area contributed by atoms with Gasteiger partial charge in [0, 0.05) is 23.8 Å². The third-order valence-electron chi connectivity index (χ3n) is 4.83. The minimum absolute atomic E-state index is 0.0146. The molecule has 0 bridgehead atoms. The molecule has 0 aromatic heterocycles. The molecule has 5 heteroatoms. The maximum atomic E-state index is 12.2. The molecule has 2 atom stereocenters. The molecule has 0 aliphatic heterocycles. The van der Waals surface area contributed by atoms with Gasteiger partial charge in [-0.3, -0.25) is 9.59 Å². The van der Waals surface area contributed by atoms with Crippen LogP contribution in [0.2, 0.25) is 0 Å². The Morgan fingerprint density at radius 2 is 1.83 bits per heavy atom. The highest BCUT2D eigenvalue weighted by atomic mass is 16.2. The van der Waals surface area contributed by atoms with Gasteiger partial charge in [-0.1, -0.05) is 32.8 Å². The number of carbonyl (C=O) groups is 2. The number of anilines is 2. The smallest absolute Gasteiger partial charge is 0.239 e. The zero-order valence-corrected chi connectivity index (χ0v) is 14.9. The molecule has 2 amide bonds. The van der Waals surface area contributed by atoms with Crippen molar-refractivity contribution in [1.29, 1.82) is 0 Å². The molecule has 0 radical (unpaired) electrons. The SMILES string of the molecule is CCC(=O)Nc1cccc(NCC(=O)N[C@H]2CCCC[C@H]2C)c1C. The van der Waals surface area contributed by atoms with Crippen molar-refractivity contribution in [3.8, 4) is 0 Å². The van der Waals surface area contributed by atoms with Crippen molar-refractivity contribution in [3.05, 3.63) is 23.8 Å². The summed E-state index contributed by atoms with van der Waals surface area (Å²) < 4.78 is 0. The average Bonchev–Trinajstić information content (AvgIpc) is 2.57. The van der Waals surface area contributed by atoms with Crippen LogP contribution in [0, 0.1) is 12.8 Å². The van der Waals surface area contributed by atoms with E-state index in [2.05, 4.69) is 22.9 Å². The first-order valence-corrected chi connectivity index (χ1v) is 8.94. The van der Waals surface area contributed by atoms with E-state index in [0.717, 1.165) is 23.4 Å². The van der Waals surface area contributed by atoms with Gasteiger partial charge in [0.15, 0.2) is 0 Å². The van der Waals surface area contributed by atoms with E-state index < -0.39 is 0 Å². The van der Waals surface area contributed by atoms with Gasteiger partial charge in [0.1, 0.15) is 0 Å². The summed E-state index contributed by atoms with van der Waals surface area (Å²) in [6.07, 6.45) is 5.17. The number of benzene rings is 1. The molecule has 5 nitrogen and oxygen atoms in total. The highest BCUT2D eigenvalue weighted by Crippen LogP contribution is 2.24. The Hall–Kier alpha value is -2.04. The second-order valence-electron chi connectivity index (χ2n) is 6.67. The Morgan fingerprint density at radius 3 is 2.54 bits per heavy atom. The lowest BCUT2D eigenvalue weighted by atomic mass is 9.86. The van der Waals surface area contributed by atoms with E-state index in [4.69, 9.17) is 0 Å². The topological polar surface area (TPSA) is 70.2 Å². The van der Waals surface area contributed by atoms with Gasteiger partial charge < -0.3 is 16.0 Å². The number of amides is 2. The summed E-state index contributed by atoms with van der Waals surface area (Å²) in [5.74, 6) is 0.562. The minimum Gasteiger partial charge on any atom is -0.376 e. The van der Waals surface area contributed by atoms with Gasteiger partial charge in [0.05, 0.1) is 6.54 Å². The molecule has 1 fully saturated rings. The van der Waals surface area contributed by atoms with Crippen LogP contribution in [0.3, 0.4) is 0 Å². The van der Waals surface area contributed by atoms with E-state index in [9.17, 15) is 9.59 Å². The monoisotopic (exact) mass is 331 g/mol. The quantitative estimate of drug-likeness (QED) is 0.748. The molecule has 0 unspecified atom stereocenters. The molecule has 0 heterocycles. The maximum Gasteiger partial charge on any atom is 0.239 e. The van der Waals surface area contributed by atoms with Gasteiger partial charge in [-0.25, -0.2) is 0 Å². The van der Waals surface area contributed by atoms with E-state index in [1.807, 2.05) is 32.0 Å². The van der Waals surface area contributed by atoms with E-state index in [1.165, 1.54) is 19.3 Å². The highest BCUT2D eigenvalue weighted by molar-refractivity contribution is 5.92. The predicted molar refractivity (Wildman–Crippen MR) is 98.2 cm³/mol. The van der Waals surface area contributed by atoms with Gasteiger partial charge in [0.25, 0.3) is 0 Å². The predicted octanol–water partition coefficient (Wildman–Crippen LogP) is 3.45. The van der Waals surface area contributed by atoms with Crippen molar-refractivity contribution < 1.29 is 9.59 Å². The summed E-state index contributed by atoms with van der Waals surface area (Å²) >= 11 is 0. The number of hydrogen-bond acceptors (Lipinski definition) is 3. The second-order valence-corrected chi connectivity index (χ2v) is 6.67. The van der Waals surface area contributed by atoms with Crippen LogP contribution < -0.4 is 16.0 Å². The highest BCUT2D eigenvalue weighted by Gasteiger charge is 2.22. The lowest BCUT2D eigenvalue weighted by Crippen LogP contribution is -2.43. The first kappa shape index (κ1) is 18.3. The molecule has 1 aliphatic rings. The standard InChI is InChI=1S/C19H29N3O2/c1-4-18(23)22-17-11-7-10-16(14(17)3)20-12-19(24)21-15-9-6-5-8-13(15)2/h7,10-11,13,15,20H,4-6,8-9,12H2,1-3H3,(H,21,24)(H,22,23)/t13-,15+/m1/s1. The van der Waals surface area contributed by atoms with Crippen molar-refractivity contribution in [2.24, 2.45) is 5.92 Å². The zero-order chi connectivity index (χ0) is 17.5. The summed E-state index contributed by atoms with van der Waals surface area (Å²) in [4.78, 5) is 23.8. The largest absolute Gasteiger partial charge is 0.376 e. The lowest BCUT2D eigenvalue weighted by molar-refractivity contribution is -0.120. The molecule has 2 rings (SSSR count). The van der Waals surface area contributed by atoms with Gasteiger partial charge >= 0.3 is 0 Å². The van der Waals surface area contributed by atoms with E-state index >= 15 is 0 Å². The Bertz CT molecular complexity index is 586. The van der Waals surface area contributed by atoms with Crippen LogP contribution >= 0.6 is 0 Å². The van der Waals surface area contributed by atoms with Crippen molar-refractivity contribution in [3.63, 3.8) is 0 Å². The normalized spacial score (nSPS) is 20.3. The maximum absolute atomic E-state index is 12.2. The second kappa shape index (κ2) is 8.71. The first-order valence-electron chi connectivity index (χ1n) is 8.94. The fraction of sp³-hybridized carbons (Fsp3) is 0.579. The Morgan fingerprint density at radius 1 is 1.12 bits per heavy atom. The first-order chi connectivity index (χ1) is 11.5. The Labute approximate surface area is 144 Å². The van der Waals surface area contributed by atoms with Crippen LogP contribution in [-0.2, 0) is 9.59 Å². The van der Waals surface area contributed by atoms with Gasteiger partial charge in [-0.2, -0.15) is 0 Å². The molecule has 132 valence electrons. The summed E-state index contributed by atoms with van der Waals surface area (Å²) in [6.45, 7) is 6.22. The molecule has 1 saturated carbocycles. The van der Waals surface area contributed by atoms with Crippen molar-refractivity contribution >= 4 is 23.2 Å². The zero-order valence-electron chi connectivity index (χ0n) is 14.9. The Balaban J connectivity index is 1.90. The summed E-state index contributed by atoms with van der Waals surface area (Å²) in [6, 6.07) is 5.97. The van der Waals surface area contributed by atoms with E-state index in [0.29, 0.717) is 18.4 Å². The van der Waals surface area contributed by atoms with Crippen molar-refractivity contribution in [2.45, 2.75) is 58.9 Å². The Kier molecular flexibility index (Phi) is 6.64. The number of carbonyl (C=O) groups excluding carboxylic acids is 2. The van der Waals surface area contributed by atoms with Crippen molar-refractivity contribution in [1.82, 2.24) is 5.32 Å². The third kappa shape index (κ3) is 4.98. The number of nitrogens with one attached hydrogen (secondary N) is 3. The molecule has 24 heavy (non-hydrogen) atoms. The summed E-state index contributed by atoms with van der Waals surface area (Å²) in [7, 11) is 0. The van der Waals surface area contributed by atoms with Crippen LogP contribution in [0.1, 0.15) is 51.5 Å². The molecule has 1 aliphatic carbocycles. The molecule has 0 saturated heterocycles. The van der Waals surface area contributed by atoms with Gasteiger partial charge in [0.2, 0.25) is 11.8 Å². The molecule has 0 spiro atoms. The van der Waals surface area contributed by atoms with Crippen LogP contribution in [-0.4, -0.2) is 24.4 Å². The summed E-state index contributed by atoms with van der Waals surface area (Å²) in [5.41, 5.74) is 2.60. The molecular formula is C19H29N3O2. The summed E-state index contributed by atoms with van der Waals surface area (Å²) in [5, 5.41) is 9.21. The third-order valence-corrected chi connectivity index (χ3v) is 4.83. The average molecular weight is 331 g/mol. The number of rotatable bonds is 6. The lowest BCUT2D eigenvalue weighted by Gasteiger charge is -2.29. The fourth-order valence-corrected chi connectivity index (χ4v) is 3.17. The van der Waals surface area contributed by atoms with Crippen LogP contribution in [0.15, 0.2) is 18.2 Å². The fourth-order valence-electron chi connectivity index (χ4n) is 3.17. The molecular weight excluding hydrogens is 302 g/mol. The molecule has 3 N–H and O–H groups in total. The minimum atomic E-state index is -0.0146. The van der Waals surface area contributed by atoms with E-state index in [1.54, 1.807) is 0 Å². The van der Waals surface area contributed by atoms with Crippen LogP contribution in [0.5, 0.6) is 0 Å².